The Morgan fingerprint density at radius 2 is 1.94 bits per heavy atom. The fraction of sp³-hybridized carbons (Fsp3) is 0.875. The summed E-state index contributed by atoms with van der Waals surface area (Å²) in [5.41, 5.74) is 2.30. The molecule has 1 saturated carbocycles. The lowest BCUT2D eigenvalue weighted by molar-refractivity contribution is 0.171. The van der Waals surface area contributed by atoms with Gasteiger partial charge in [0.05, 0.1) is 0 Å². The second-order valence-corrected chi connectivity index (χ2v) is 6.79. The number of rotatable bonds is 3. The molecule has 0 aromatic heterocycles. The van der Waals surface area contributed by atoms with E-state index in [1.165, 1.54) is 51.4 Å². The summed E-state index contributed by atoms with van der Waals surface area (Å²) < 4.78 is 0. The minimum Gasteiger partial charge on any atom is -0.313 e. The van der Waals surface area contributed by atoms with Gasteiger partial charge in [-0.2, -0.15) is 0 Å². The largest absolute Gasteiger partial charge is 0.313 e. The molecular formula is C16H29N. The SMILES string of the molecule is CNC(C1=CCCCC1)C1CCC(C)(C)CC1. The van der Waals surface area contributed by atoms with Crippen LogP contribution in [0.1, 0.15) is 65.2 Å². The van der Waals surface area contributed by atoms with Crippen LogP contribution < -0.4 is 5.32 Å². The Bertz CT molecular complexity index is 267. The third-order valence-electron chi connectivity index (χ3n) is 4.89. The van der Waals surface area contributed by atoms with Crippen molar-refractivity contribution in [2.45, 2.75) is 71.3 Å². The first-order chi connectivity index (χ1) is 8.12. The Hall–Kier alpha value is -0.300. The lowest BCUT2D eigenvalue weighted by atomic mass is 9.69. The molecule has 1 heteroatoms. The van der Waals surface area contributed by atoms with E-state index in [-0.39, 0.29) is 0 Å². The Kier molecular flexibility index (Phi) is 4.30. The molecule has 0 bridgehead atoms. The molecular weight excluding hydrogens is 206 g/mol. The topological polar surface area (TPSA) is 12.0 Å². The first kappa shape index (κ1) is 13.1. The van der Waals surface area contributed by atoms with Gasteiger partial charge in [0.25, 0.3) is 0 Å². The zero-order valence-electron chi connectivity index (χ0n) is 11.9. The molecule has 0 saturated heterocycles. The van der Waals surface area contributed by atoms with Crippen molar-refractivity contribution in [2.24, 2.45) is 11.3 Å². The molecule has 0 radical (unpaired) electrons. The molecule has 98 valence electrons. The van der Waals surface area contributed by atoms with Gasteiger partial charge >= 0.3 is 0 Å². The van der Waals surface area contributed by atoms with E-state index in [0.29, 0.717) is 11.5 Å². The Morgan fingerprint density at radius 3 is 2.47 bits per heavy atom. The molecule has 0 aromatic rings. The van der Waals surface area contributed by atoms with E-state index in [9.17, 15) is 0 Å². The highest BCUT2D eigenvalue weighted by atomic mass is 14.9. The molecule has 2 rings (SSSR count). The summed E-state index contributed by atoms with van der Waals surface area (Å²) >= 11 is 0. The van der Waals surface area contributed by atoms with Gasteiger partial charge in [0.2, 0.25) is 0 Å². The van der Waals surface area contributed by atoms with Gasteiger partial charge in [-0.25, -0.2) is 0 Å². The molecule has 2 aliphatic carbocycles. The maximum Gasteiger partial charge on any atom is 0.0305 e. The lowest BCUT2D eigenvalue weighted by Crippen LogP contribution is -2.39. The number of likely N-dealkylation sites (N-methyl/N-ethyl adjacent to an activating group) is 1. The summed E-state index contributed by atoms with van der Waals surface area (Å²) in [7, 11) is 2.15. The fourth-order valence-corrected chi connectivity index (χ4v) is 3.62. The van der Waals surface area contributed by atoms with Crippen LogP contribution in [0, 0.1) is 11.3 Å². The van der Waals surface area contributed by atoms with Crippen LogP contribution in [0.5, 0.6) is 0 Å². The second kappa shape index (κ2) is 5.56. The van der Waals surface area contributed by atoms with E-state index >= 15 is 0 Å². The van der Waals surface area contributed by atoms with Crippen LogP contribution in [0.3, 0.4) is 0 Å². The molecule has 17 heavy (non-hydrogen) atoms. The quantitative estimate of drug-likeness (QED) is 0.720. The molecule has 0 aliphatic heterocycles. The summed E-state index contributed by atoms with van der Waals surface area (Å²) in [6.45, 7) is 4.86. The fourth-order valence-electron chi connectivity index (χ4n) is 3.62. The summed E-state index contributed by atoms with van der Waals surface area (Å²) in [5, 5.41) is 3.60. The normalized spacial score (nSPS) is 27.6. The molecule has 2 aliphatic rings. The number of hydrogen-bond donors (Lipinski definition) is 1. The standard InChI is InChI=1S/C16H29N/c1-16(2)11-9-14(10-12-16)15(17-3)13-7-5-4-6-8-13/h7,14-15,17H,4-6,8-12H2,1-3H3. The number of hydrogen-bond acceptors (Lipinski definition) is 1. The predicted molar refractivity (Wildman–Crippen MR) is 75.1 cm³/mol. The first-order valence-corrected chi connectivity index (χ1v) is 7.48. The second-order valence-electron chi connectivity index (χ2n) is 6.79. The van der Waals surface area contributed by atoms with Crippen LogP contribution in [0.25, 0.3) is 0 Å². The first-order valence-electron chi connectivity index (χ1n) is 7.48. The van der Waals surface area contributed by atoms with Crippen molar-refractivity contribution in [1.29, 1.82) is 0 Å². The molecule has 1 fully saturated rings. The van der Waals surface area contributed by atoms with Crippen LogP contribution in [0.15, 0.2) is 11.6 Å². The van der Waals surface area contributed by atoms with Crippen LogP contribution in [0.4, 0.5) is 0 Å². The Balaban J connectivity index is 1.97. The van der Waals surface area contributed by atoms with Crippen molar-refractivity contribution in [3.8, 4) is 0 Å². The third kappa shape index (κ3) is 3.34. The van der Waals surface area contributed by atoms with E-state index in [1.807, 2.05) is 0 Å². The van der Waals surface area contributed by atoms with E-state index in [1.54, 1.807) is 5.57 Å². The molecule has 0 heterocycles. The Labute approximate surface area is 107 Å². The predicted octanol–water partition coefficient (Wildman–Crippen LogP) is 4.29. The maximum atomic E-state index is 3.60. The summed E-state index contributed by atoms with van der Waals surface area (Å²) in [4.78, 5) is 0. The monoisotopic (exact) mass is 235 g/mol. The van der Waals surface area contributed by atoms with E-state index < -0.39 is 0 Å². The van der Waals surface area contributed by atoms with Gasteiger partial charge < -0.3 is 5.32 Å². The van der Waals surface area contributed by atoms with Gasteiger partial charge in [-0.05, 0) is 69.7 Å². The molecule has 0 spiro atoms. The van der Waals surface area contributed by atoms with Crippen molar-refractivity contribution in [3.05, 3.63) is 11.6 Å². The highest BCUT2D eigenvalue weighted by molar-refractivity contribution is 5.15. The summed E-state index contributed by atoms with van der Waals surface area (Å²) in [6.07, 6.45) is 13.6. The average molecular weight is 235 g/mol. The van der Waals surface area contributed by atoms with Crippen LogP contribution in [-0.4, -0.2) is 13.1 Å². The van der Waals surface area contributed by atoms with Crippen molar-refractivity contribution in [3.63, 3.8) is 0 Å². The zero-order chi connectivity index (χ0) is 12.3. The van der Waals surface area contributed by atoms with Gasteiger partial charge in [-0.15, -0.1) is 0 Å². The average Bonchev–Trinajstić information content (AvgIpc) is 2.33. The van der Waals surface area contributed by atoms with Gasteiger partial charge in [-0.1, -0.05) is 25.5 Å². The van der Waals surface area contributed by atoms with E-state index in [2.05, 4.69) is 32.3 Å². The number of allylic oxidation sites excluding steroid dienone is 1. The van der Waals surface area contributed by atoms with Crippen molar-refractivity contribution < 1.29 is 0 Å². The minimum atomic E-state index is 0.593. The zero-order valence-corrected chi connectivity index (χ0v) is 11.9. The molecule has 0 aromatic carbocycles. The molecule has 0 amide bonds. The van der Waals surface area contributed by atoms with Gasteiger partial charge in [0.15, 0.2) is 0 Å². The van der Waals surface area contributed by atoms with Gasteiger partial charge in [0.1, 0.15) is 0 Å². The van der Waals surface area contributed by atoms with Crippen LogP contribution in [0.2, 0.25) is 0 Å². The minimum absolute atomic E-state index is 0.593. The third-order valence-corrected chi connectivity index (χ3v) is 4.89. The van der Waals surface area contributed by atoms with Crippen molar-refractivity contribution >= 4 is 0 Å². The van der Waals surface area contributed by atoms with Gasteiger partial charge in [0, 0.05) is 6.04 Å². The maximum absolute atomic E-state index is 3.60. The molecule has 1 unspecified atom stereocenters. The number of nitrogens with one attached hydrogen (secondary N) is 1. The van der Waals surface area contributed by atoms with Crippen LogP contribution in [-0.2, 0) is 0 Å². The van der Waals surface area contributed by atoms with Crippen molar-refractivity contribution in [2.75, 3.05) is 7.05 Å². The Morgan fingerprint density at radius 1 is 1.24 bits per heavy atom. The van der Waals surface area contributed by atoms with Crippen molar-refractivity contribution in [1.82, 2.24) is 5.32 Å². The molecule has 1 N–H and O–H groups in total. The molecule has 1 nitrogen and oxygen atoms in total. The van der Waals surface area contributed by atoms with Crippen LogP contribution >= 0.6 is 0 Å². The van der Waals surface area contributed by atoms with E-state index in [4.69, 9.17) is 0 Å². The smallest absolute Gasteiger partial charge is 0.0305 e. The lowest BCUT2D eigenvalue weighted by Gasteiger charge is -2.39. The highest BCUT2D eigenvalue weighted by Gasteiger charge is 2.32. The summed E-state index contributed by atoms with van der Waals surface area (Å²) in [5.74, 6) is 0.886. The summed E-state index contributed by atoms with van der Waals surface area (Å²) in [6, 6.07) is 0.673. The van der Waals surface area contributed by atoms with E-state index in [0.717, 1.165) is 5.92 Å². The molecule has 1 atom stereocenters. The highest BCUT2D eigenvalue weighted by Crippen LogP contribution is 2.41. The van der Waals surface area contributed by atoms with Gasteiger partial charge in [-0.3, -0.25) is 0 Å².